The minimum atomic E-state index is -0.733. The first kappa shape index (κ1) is 28.9. The molecule has 11 heteroatoms. The van der Waals surface area contributed by atoms with E-state index in [1.54, 1.807) is 51.1 Å². The Morgan fingerprint density at radius 3 is 2.21 bits per heavy atom. The number of carbonyl (C=O) groups excluding carboxylic acids is 3. The van der Waals surface area contributed by atoms with Gasteiger partial charge in [-0.05, 0) is 56.5 Å². The molecule has 0 spiro atoms. The van der Waals surface area contributed by atoms with Gasteiger partial charge in [0.05, 0.1) is 31.5 Å². The lowest BCUT2D eigenvalue weighted by Gasteiger charge is -2.24. The highest BCUT2D eigenvalue weighted by Gasteiger charge is 2.24. The van der Waals surface area contributed by atoms with Crippen molar-refractivity contribution in [3.63, 3.8) is 0 Å². The third-order valence-electron chi connectivity index (χ3n) is 5.46. The van der Waals surface area contributed by atoms with Crippen LogP contribution in [0.5, 0.6) is 0 Å². The summed E-state index contributed by atoms with van der Waals surface area (Å²) in [7, 11) is 2.47. The van der Waals surface area contributed by atoms with Gasteiger partial charge in [0.2, 0.25) is 0 Å². The fraction of sp³-hybridized carbons (Fsp3) is 0.321. The van der Waals surface area contributed by atoms with Crippen LogP contribution in [0.1, 0.15) is 38.1 Å². The van der Waals surface area contributed by atoms with Crippen molar-refractivity contribution >= 4 is 23.8 Å². The van der Waals surface area contributed by atoms with Crippen molar-refractivity contribution in [3.8, 4) is 11.1 Å². The van der Waals surface area contributed by atoms with Gasteiger partial charge >= 0.3 is 18.2 Å². The van der Waals surface area contributed by atoms with Crippen LogP contribution in [0.25, 0.3) is 11.1 Å². The molecular weight excluding hydrogens is 504 g/mol. The topological polar surface area (TPSA) is 138 Å². The monoisotopic (exact) mass is 536 g/mol. The maximum atomic E-state index is 13.4. The number of alkyl carbamates (subject to hydrolysis) is 1. The Hall–Kier alpha value is -4.67. The number of esters is 1. The van der Waals surface area contributed by atoms with Gasteiger partial charge in [-0.15, -0.1) is 0 Å². The van der Waals surface area contributed by atoms with Crippen molar-refractivity contribution in [2.24, 2.45) is 0 Å². The summed E-state index contributed by atoms with van der Waals surface area (Å²) in [5.41, 5.74) is 1.18. The second-order valence-electron chi connectivity index (χ2n) is 9.60. The van der Waals surface area contributed by atoms with Crippen LogP contribution >= 0.6 is 0 Å². The maximum Gasteiger partial charge on any atom is 0.411 e. The van der Waals surface area contributed by atoms with Crippen LogP contribution in [0, 0.1) is 0 Å². The number of carbonyl (C=O) groups is 3. The number of benzene rings is 2. The number of ether oxygens (including phenoxy) is 3. The van der Waals surface area contributed by atoms with Crippen LogP contribution in [-0.2, 0) is 32.0 Å². The number of hydrogen-bond donors (Lipinski definition) is 2. The molecule has 0 aliphatic heterocycles. The van der Waals surface area contributed by atoms with E-state index in [0.29, 0.717) is 23.4 Å². The highest BCUT2D eigenvalue weighted by atomic mass is 16.6. The summed E-state index contributed by atoms with van der Waals surface area (Å²) in [6, 6.07) is 16.8. The number of amides is 2. The highest BCUT2D eigenvalue weighted by molar-refractivity contribution is 5.85. The SMILES string of the molecule is COC(=O)Cn1nc(C(Cc2ccccc2)NC(=O)OC(C)(C)C)cc(-c2ccc(NC(=O)OC)cc2)c1=O. The molecule has 1 heterocycles. The molecule has 0 fully saturated rings. The normalized spacial score (nSPS) is 11.7. The van der Waals surface area contributed by atoms with E-state index in [-0.39, 0.29) is 5.56 Å². The van der Waals surface area contributed by atoms with Gasteiger partial charge < -0.3 is 19.5 Å². The maximum absolute atomic E-state index is 13.4. The number of nitrogens with one attached hydrogen (secondary N) is 2. The van der Waals surface area contributed by atoms with Crippen LogP contribution in [0.3, 0.4) is 0 Å². The standard InChI is InChI=1S/C28H32N4O7/c1-28(2,3)39-27(36)30-22(15-18-9-7-6-8-10-18)23-16-21(25(34)32(31-23)17-24(33)37-4)19-11-13-20(14-12-19)29-26(35)38-5/h6-14,16,22H,15,17H2,1-5H3,(H,29,35)(H,30,36). The van der Waals surface area contributed by atoms with E-state index in [1.807, 2.05) is 30.3 Å². The second kappa shape index (κ2) is 12.7. The summed E-state index contributed by atoms with van der Waals surface area (Å²) < 4.78 is 15.8. The van der Waals surface area contributed by atoms with Crippen molar-refractivity contribution in [3.05, 3.63) is 82.3 Å². The van der Waals surface area contributed by atoms with Crippen LogP contribution in [0.15, 0.2) is 65.5 Å². The number of anilines is 1. The Morgan fingerprint density at radius 1 is 0.949 bits per heavy atom. The first-order valence-corrected chi connectivity index (χ1v) is 12.2. The van der Waals surface area contributed by atoms with E-state index in [1.165, 1.54) is 14.2 Å². The minimum Gasteiger partial charge on any atom is -0.468 e. The molecule has 2 amide bonds. The molecule has 0 saturated heterocycles. The Labute approximate surface area is 226 Å². The average Bonchev–Trinajstić information content (AvgIpc) is 2.89. The first-order chi connectivity index (χ1) is 18.5. The number of methoxy groups -OCH3 is 2. The summed E-state index contributed by atoms with van der Waals surface area (Å²) in [5.74, 6) is -0.662. The molecule has 39 heavy (non-hydrogen) atoms. The zero-order valence-corrected chi connectivity index (χ0v) is 22.5. The van der Waals surface area contributed by atoms with Crippen molar-refractivity contribution in [1.29, 1.82) is 0 Å². The van der Waals surface area contributed by atoms with Gasteiger partial charge in [0.15, 0.2) is 0 Å². The van der Waals surface area contributed by atoms with Crippen molar-refractivity contribution < 1.29 is 28.6 Å². The molecule has 206 valence electrons. The van der Waals surface area contributed by atoms with Crippen molar-refractivity contribution in [1.82, 2.24) is 15.1 Å². The molecule has 0 bridgehead atoms. The lowest BCUT2D eigenvalue weighted by Crippen LogP contribution is -2.37. The lowest BCUT2D eigenvalue weighted by molar-refractivity contribution is -0.141. The quantitative estimate of drug-likeness (QED) is 0.325. The predicted octanol–water partition coefficient (Wildman–Crippen LogP) is 4.07. The summed E-state index contributed by atoms with van der Waals surface area (Å²) in [4.78, 5) is 49.8. The molecule has 1 aromatic heterocycles. The van der Waals surface area contributed by atoms with Crippen molar-refractivity contribution in [2.45, 2.75) is 45.4 Å². The van der Waals surface area contributed by atoms with Gasteiger partial charge in [0, 0.05) is 5.69 Å². The van der Waals surface area contributed by atoms with Crippen molar-refractivity contribution in [2.75, 3.05) is 19.5 Å². The summed E-state index contributed by atoms with van der Waals surface area (Å²) in [6.45, 7) is 4.84. The molecule has 3 aromatic rings. The van der Waals surface area contributed by atoms with Gasteiger partial charge in [-0.1, -0.05) is 42.5 Å². The minimum absolute atomic E-state index is 0.234. The molecular formula is C28H32N4O7. The van der Waals surface area contributed by atoms with Gasteiger partial charge in [0.1, 0.15) is 12.1 Å². The molecule has 1 unspecified atom stereocenters. The smallest absolute Gasteiger partial charge is 0.411 e. The Balaban J connectivity index is 2.09. The lowest BCUT2D eigenvalue weighted by atomic mass is 10.00. The molecule has 2 aromatic carbocycles. The van der Waals surface area contributed by atoms with Crippen LogP contribution < -0.4 is 16.2 Å². The van der Waals surface area contributed by atoms with Crippen LogP contribution in [0.2, 0.25) is 0 Å². The van der Waals surface area contributed by atoms with Gasteiger partial charge in [0.25, 0.3) is 5.56 Å². The zero-order valence-electron chi connectivity index (χ0n) is 22.5. The predicted molar refractivity (Wildman–Crippen MR) is 144 cm³/mol. The summed E-state index contributed by atoms with van der Waals surface area (Å²) in [6.07, 6.45) is -0.952. The Kier molecular flexibility index (Phi) is 9.43. The molecule has 3 rings (SSSR count). The molecule has 0 saturated carbocycles. The van der Waals surface area contributed by atoms with E-state index in [4.69, 9.17) is 9.47 Å². The summed E-state index contributed by atoms with van der Waals surface area (Å²) in [5, 5.41) is 9.82. The number of aromatic nitrogens is 2. The van der Waals surface area contributed by atoms with Gasteiger partial charge in [-0.25, -0.2) is 14.3 Å². The fourth-order valence-electron chi connectivity index (χ4n) is 3.66. The largest absolute Gasteiger partial charge is 0.468 e. The molecule has 2 N–H and O–H groups in total. The van der Waals surface area contributed by atoms with Gasteiger partial charge in [-0.2, -0.15) is 5.10 Å². The molecule has 11 nitrogen and oxygen atoms in total. The Morgan fingerprint density at radius 2 is 1.62 bits per heavy atom. The highest BCUT2D eigenvalue weighted by Crippen LogP contribution is 2.24. The average molecular weight is 537 g/mol. The third kappa shape index (κ3) is 8.42. The summed E-state index contributed by atoms with van der Waals surface area (Å²) >= 11 is 0. The van der Waals surface area contributed by atoms with Crippen LogP contribution in [-0.4, -0.2) is 47.8 Å². The number of hydrogen-bond acceptors (Lipinski definition) is 8. The van der Waals surface area contributed by atoms with Crippen LogP contribution in [0.4, 0.5) is 15.3 Å². The van der Waals surface area contributed by atoms with E-state index in [0.717, 1.165) is 10.2 Å². The molecule has 0 aliphatic carbocycles. The molecule has 0 aliphatic rings. The third-order valence-corrected chi connectivity index (χ3v) is 5.46. The molecule has 1 atom stereocenters. The second-order valence-corrected chi connectivity index (χ2v) is 9.60. The first-order valence-electron chi connectivity index (χ1n) is 12.2. The number of rotatable bonds is 8. The molecule has 0 radical (unpaired) electrons. The van der Waals surface area contributed by atoms with E-state index in [9.17, 15) is 19.2 Å². The van der Waals surface area contributed by atoms with Gasteiger partial charge in [-0.3, -0.25) is 14.9 Å². The van der Waals surface area contributed by atoms with E-state index in [2.05, 4.69) is 20.5 Å². The van der Waals surface area contributed by atoms with E-state index < -0.39 is 41.9 Å². The zero-order chi connectivity index (χ0) is 28.6. The fourth-order valence-corrected chi connectivity index (χ4v) is 3.66. The number of nitrogens with zero attached hydrogens (tertiary/aromatic N) is 2. The van der Waals surface area contributed by atoms with E-state index >= 15 is 0 Å². The Bertz CT molecular complexity index is 1360.